The largest absolute Gasteiger partial charge is 0.284 e. The molecule has 1 aliphatic rings. The Labute approximate surface area is 141 Å². The first kappa shape index (κ1) is 15.4. The van der Waals surface area contributed by atoms with Crippen LogP contribution in [-0.2, 0) is 12.6 Å². The molecule has 1 fully saturated rings. The van der Waals surface area contributed by atoms with Crippen molar-refractivity contribution >= 4 is 34.6 Å². The van der Waals surface area contributed by atoms with E-state index < -0.39 is 0 Å². The smallest absolute Gasteiger partial charge is 0.282 e. The van der Waals surface area contributed by atoms with Crippen molar-refractivity contribution in [1.82, 2.24) is 0 Å². The topological polar surface area (TPSA) is 36.2 Å². The molecule has 0 aliphatic heterocycles. The third-order valence-corrected chi connectivity index (χ3v) is 4.89. The van der Waals surface area contributed by atoms with Crippen LogP contribution in [0, 0.1) is 12.3 Å². The lowest BCUT2D eigenvalue weighted by molar-refractivity contribution is 1.13. The first-order valence-corrected chi connectivity index (χ1v) is 8.67. The van der Waals surface area contributed by atoms with Gasteiger partial charge < -0.3 is 0 Å². The number of nitrogens with zero attached hydrogens (tertiary/aromatic N) is 1. The highest BCUT2D eigenvalue weighted by molar-refractivity contribution is 8.27. The van der Waals surface area contributed by atoms with E-state index in [0.29, 0.717) is 4.38 Å². The van der Waals surface area contributed by atoms with Crippen molar-refractivity contribution in [1.29, 1.82) is 5.41 Å². The molecular weight excluding hydrogens is 308 g/mol. The SMILES string of the molecule is Cc1ccc(SC([SH2+])=NC(=N)c2ccc(C3CC3)cc2)cc1. The molecule has 1 N–H and O–H groups in total. The molecule has 4 heteroatoms. The van der Waals surface area contributed by atoms with Gasteiger partial charge in [-0.1, -0.05) is 42.0 Å². The fourth-order valence-electron chi connectivity index (χ4n) is 2.24. The summed E-state index contributed by atoms with van der Waals surface area (Å²) in [5.41, 5.74) is 3.47. The molecule has 0 amide bonds. The minimum Gasteiger partial charge on any atom is -0.282 e. The van der Waals surface area contributed by atoms with Crippen LogP contribution in [0.15, 0.2) is 58.4 Å². The summed E-state index contributed by atoms with van der Waals surface area (Å²) in [5, 5.41) is 8.12. The quantitative estimate of drug-likeness (QED) is 0.387. The molecule has 22 heavy (non-hydrogen) atoms. The summed E-state index contributed by atoms with van der Waals surface area (Å²) in [7, 11) is 0. The minimum absolute atomic E-state index is 0.284. The van der Waals surface area contributed by atoms with Gasteiger partial charge in [-0.3, -0.25) is 5.41 Å². The first-order valence-electron chi connectivity index (χ1n) is 7.35. The van der Waals surface area contributed by atoms with Gasteiger partial charge in [0.15, 0.2) is 5.84 Å². The second-order valence-corrected chi connectivity index (χ2v) is 7.48. The van der Waals surface area contributed by atoms with Gasteiger partial charge in [0.2, 0.25) is 0 Å². The molecule has 0 aromatic heterocycles. The second-order valence-electron chi connectivity index (χ2n) is 5.58. The zero-order chi connectivity index (χ0) is 15.5. The van der Waals surface area contributed by atoms with Gasteiger partial charge in [0.1, 0.15) is 0 Å². The Kier molecular flexibility index (Phi) is 4.69. The van der Waals surface area contributed by atoms with Crippen LogP contribution in [0.2, 0.25) is 0 Å². The van der Waals surface area contributed by atoms with Crippen molar-refractivity contribution in [2.45, 2.75) is 30.6 Å². The van der Waals surface area contributed by atoms with Crippen molar-refractivity contribution in [3.05, 3.63) is 65.2 Å². The van der Waals surface area contributed by atoms with Crippen molar-refractivity contribution in [2.24, 2.45) is 4.99 Å². The van der Waals surface area contributed by atoms with E-state index in [4.69, 9.17) is 5.41 Å². The molecule has 112 valence electrons. The van der Waals surface area contributed by atoms with Crippen LogP contribution in [0.1, 0.15) is 35.4 Å². The highest BCUT2D eigenvalue weighted by Crippen LogP contribution is 2.39. The number of rotatable bonds is 3. The Bertz CT molecular complexity index is 699. The molecule has 0 unspecified atom stereocenters. The third kappa shape index (κ3) is 4.02. The fraction of sp³-hybridized carbons (Fsp3) is 0.222. The summed E-state index contributed by atoms with van der Waals surface area (Å²) in [6.45, 7) is 2.07. The van der Waals surface area contributed by atoms with Crippen LogP contribution < -0.4 is 0 Å². The fourth-order valence-corrected chi connectivity index (χ4v) is 3.33. The lowest BCUT2D eigenvalue weighted by Crippen LogP contribution is -1.99. The molecule has 2 aromatic carbocycles. The van der Waals surface area contributed by atoms with E-state index in [0.717, 1.165) is 16.4 Å². The van der Waals surface area contributed by atoms with Crippen LogP contribution in [0.4, 0.5) is 0 Å². The van der Waals surface area contributed by atoms with Gasteiger partial charge in [-0.15, -0.1) is 0 Å². The summed E-state index contributed by atoms with van der Waals surface area (Å²) < 4.78 is 0.695. The molecule has 2 nitrogen and oxygen atoms in total. The van der Waals surface area contributed by atoms with Crippen molar-refractivity contribution in [3.8, 4) is 0 Å². The molecule has 0 heterocycles. The van der Waals surface area contributed by atoms with E-state index in [2.05, 4.69) is 60.9 Å². The normalized spacial score (nSPS) is 14.9. The number of aryl methyl sites for hydroxylation is 1. The van der Waals surface area contributed by atoms with E-state index >= 15 is 0 Å². The lowest BCUT2D eigenvalue weighted by atomic mass is 10.1. The number of benzene rings is 2. The lowest BCUT2D eigenvalue weighted by Gasteiger charge is -2.02. The van der Waals surface area contributed by atoms with Gasteiger partial charge >= 0.3 is 0 Å². The van der Waals surface area contributed by atoms with Crippen molar-refractivity contribution in [2.75, 3.05) is 0 Å². The van der Waals surface area contributed by atoms with E-state index in [1.54, 1.807) is 0 Å². The van der Waals surface area contributed by atoms with Crippen LogP contribution in [0.25, 0.3) is 0 Å². The van der Waals surface area contributed by atoms with Gasteiger partial charge in [-0.05, 0) is 55.1 Å². The standard InChI is InChI=1S/C18H18N2S2/c1-12-2-10-16(11-3-12)22-18(21)20-17(19)15-8-6-14(7-9-15)13-4-5-13/h2-3,6-11,13H,4-5H2,1H3,(H2,19,20,21)/p+1. The molecule has 0 spiro atoms. The Balaban J connectivity index is 1.66. The van der Waals surface area contributed by atoms with E-state index in [-0.39, 0.29) is 5.84 Å². The van der Waals surface area contributed by atoms with E-state index in [1.807, 2.05) is 12.1 Å². The molecule has 2 aromatic rings. The highest BCUT2D eigenvalue weighted by Gasteiger charge is 2.23. The van der Waals surface area contributed by atoms with Gasteiger partial charge in [0, 0.05) is 23.1 Å². The maximum atomic E-state index is 8.12. The second kappa shape index (κ2) is 6.71. The predicted octanol–water partition coefficient (Wildman–Crippen LogP) is 4.36. The van der Waals surface area contributed by atoms with Gasteiger partial charge in [-0.25, -0.2) is 0 Å². The maximum Gasteiger partial charge on any atom is 0.284 e. The third-order valence-electron chi connectivity index (χ3n) is 3.68. The van der Waals surface area contributed by atoms with Crippen molar-refractivity contribution < 1.29 is 0 Å². The van der Waals surface area contributed by atoms with Crippen LogP contribution in [0.3, 0.4) is 0 Å². The number of thioether (sulfide) groups is 1. The van der Waals surface area contributed by atoms with E-state index in [9.17, 15) is 0 Å². The molecule has 3 rings (SSSR count). The molecule has 0 atom stereocenters. The Morgan fingerprint density at radius 1 is 1.09 bits per heavy atom. The number of hydrogen-bond donors (Lipinski definition) is 1. The number of amidine groups is 1. The van der Waals surface area contributed by atoms with Gasteiger partial charge in [-0.2, -0.15) is 4.99 Å². The average Bonchev–Trinajstić information content (AvgIpc) is 3.34. The number of hydrogen-bond acceptors (Lipinski definition) is 2. The molecule has 1 aliphatic carbocycles. The molecule has 1 saturated carbocycles. The Morgan fingerprint density at radius 2 is 1.73 bits per heavy atom. The zero-order valence-electron chi connectivity index (χ0n) is 12.5. The summed E-state index contributed by atoms with van der Waals surface area (Å²) in [5.74, 6) is 1.03. The minimum atomic E-state index is 0.284. The Morgan fingerprint density at radius 3 is 2.32 bits per heavy atom. The summed E-state index contributed by atoms with van der Waals surface area (Å²) in [4.78, 5) is 5.44. The predicted molar refractivity (Wildman–Crippen MR) is 99.9 cm³/mol. The Hall–Kier alpha value is -1.52. The molecule has 0 bridgehead atoms. The monoisotopic (exact) mass is 327 g/mol. The maximum absolute atomic E-state index is 8.12. The summed E-state index contributed by atoms with van der Waals surface area (Å²) >= 11 is 5.02. The van der Waals surface area contributed by atoms with Gasteiger partial charge in [0.05, 0.1) is 0 Å². The molecular formula is C18H19N2S2+. The van der Waals surface area contributed by atoms with Crippen LogP contribution in [-0.4, -0.2) is 10.2 Å². The van der Waals surface area contributed by atoms with Crippen molar-refractivity contribution in [3.63, 3.8) is 0 Å². The zero-order valence-corrected chi connectivity index (χ0v) is 14.3. The number of nitrogens with one attached hydrogen (secondary N) is 1. The average molecular weight is 327 g/mol. The number of aliphatic imine (C=N–C) groups is 1. The highest BCUT2D eigenvalue weighted by atomic mass is 32.2. The van der Waals surface area contributed by atoms with E-state index in [1.165, 1.54) is 35.7 Å². The summed E-state index contributed by atoms with van der Waals surface area (Å²) in [6, 6.07) is 16.5. The molecule has 0 radical (unpaired) electrons. The van der Waals surface area contributed by atoms with Crippen LogP contribution in [0.5, 0.6) is 0 Å². The summed E-state index contributed by atoms with van der Waals surface area (Å²) in [6.07, 6.45) is 2.60. The van der Waals surface area contributed by atoms with Gasteiger partial charge in [0.25, 0.3) is 4.38 Å². The molecule has 0 saturated heterocycles. The van der Waals surface area contributed by atoms with Crippen LogP contribution >= 0.6 is 11.8 Å². The first-order chi connectivity index (χ1) is 10.6.